The molecule has 0 aliphatic carbocycles. The smallest absolute Gasteiger partial charge is 0.336 e. The standard InChI is InChI=1S/C38H44N4O10/c1-6-51-37(47)34-29(40-24(2)32(36(45)46)33(34)26-15-12-16-27(19-26)42(48)49)21-41(35(44)25-13-8-7-9-14-25)23-38(3,4)39-20-28(43)22-52-31-18-11-10-17-30(31)50-5/h7-19,28,33,39-40,43H,6,20-23H2,1-5H3,(H,45,46). The molecule has 276 valence electrons. The number of benzene rings is 3. The number of rotatable bonds is 17. The van der Waals surface area contributed by atoms with Crippen molar-refractivity contribution < 1.29 is 43.7 Å². The highest BCUT2D eigenvalue weighted by atomic mass is 16.6. The number of nitro benzene ring substituents is 1. The average Bonchev–Trinajstić information content (AvgIpc) is 3.12. The Morgan fingerprint density at radius 2 is 1.69 bits per heavy atom. The van der Waals surface area contributed by atoms with Crippen molar-refractivity contribution in [2.75, 3.05) is 40.0 Å². The number of aliphatic carboxylic acids is 1. The Kier molecular flexibility index (Phi) is 13.1. The third-order valence-corrected chi connectivity index (χ3v) is 8.34. The van der Waals surface area contributed by atoms with E-state index in [1.54, 1.807) is 61.5 Å². The Labute approximate surface area is 301 Å². The molecule has 14 heteroatoms. The van der Waals surface area contributed by atoms with Crippen LogP contribution in [0.1, 0.15) is 49.5 Å². The summed E-state index contributed by atoms with van der Waals surface area (Å²) >= 11 is 0. The third-order valence-electron chi connectivity index (χ3n) is 8.34. The van der Waals surface area contributed by atoms with Gasteiger partial charge in [0.15, 0.2) is 11.5 Å². The van der Waals surface area contributed by atoms with Gasteiger partial charge in [-0.25, -0.2) is 9.59 Å². The lowest BCUT2D eigenvalue weighted by Crippen LogP contribution is -2.54. The average molecular weight is 717 g/mol. The van der Waals surface area contributed by atoms with Gasteiger partial charge in [0, 0.05) is 47.7 Å². The van der Waals surface area contributed by atoms with Crippen molar-refractivity contribution in [1.29, 1.82) is 0 Å². The molecule has 1 heterocycles. The molecular formula is C38H44N4O10. The molecule has 1 aliphatic rings. The van der Waals surface area contributed by atoms with E-state index in [4.69, 9.17) is 14.2 Å². The second kappa shape index (κ2) is 17.5. The summed E-state index contributed by atoms with van der Waals surface area (Å²) in [6, 6.07) is 21.0. The highest BCUT2D eigenvalue weighted by Crippen LogP contribution is 2.40. The molecule has 3 aromatic carbocycles. The number of esters is 1. The number of allylic oxidation sites excluding steroid dienone is 1. The Morgan fingerprint density at radius 1 is 1.02 bits per heavy atom. The number of carboxylic acids is 1. The van der Waals surface area contributed by atoms with Crippen molar-refractivity contribution in [3.63, 3.8) is 0 Å². The van der Waals surface area contributed by atoms with E-state index >= 15 is 0 Å². The minimum Gasteiger partial charge on any atom is -0.493 e. The normalized spacial score (nSPS) is 15.0. The number of carbonyl (C=O) groups excluding carboxylic acids is 2. The molecule has 0 radical (unpaired) electrons. The van der Waals surface area contributed by atoms with Gasteiger partial charge in [-0.3, -0.25) is 14.9 Å². The number of amides is 1. The summed E-state index contributed by atoms with van der Waals surface area (Å²) in [5.41, 5.74) is -0.437. The highest BCUT2D eigenvalue weighted by molar-refractivity contribution is 6.00. The van der Waals surface area contributed by atoms with E-state index in [1.807, 2.05) is 13.8 Å². The van der Waals surface area contributed by atoms with Crippen LogP contribution in [0.15, 0.2) is 101 Å². The third kappa shape index (κ3) is 9.74. The number of β-amino-alcohol motifs (C(OH)–C–C–N with tert-alkyl or cyclic N) is 1. The van der Waals surface area contributed by atoms with Crippen molar-refractivity contribution in [3.05, 3.63) is 123 Å². The second-order valence-electron chi connectivity index (χ2n) is 12.8. The molecule has 4 N–H and O–H groups in total. The predicted molar refractivity (Wildman–Crippen MR) is 192 cm³/mol. The quantitative estimate of drug-likeness (QED) is 0.0876. The molecule has 0 saturated heterocycles. The fraction of sp³-hybridized carbons (Fsp3) is 0.342. The van der Waals surface area contributed by atoms with E-state index in [9.17, 15) is 34.7 Å². The number of carbonyl (C=O) groups is 3. The van der Waals surface area contributed by atoms with Crippen molar-refractivity contribution >= 4 is 23.5 Å². The number of nitrogens with one attached hydrogen (secondary N) is 2. The Hall–Kier alpha value is -5.73. The Morgan fingerprint density at radius 3 is 2.33 bits per heavy atom. The number of dihydropyridines is 1. The number of para-hydroxylation sites is 2. The molecule has 2 atom stereocenters. The zero-order chi connectivity index (χ0) is 38.0. The van der Waals surface area contributed by atoms with Gasteiger partial charge < -0.3 is 40.0 Å². The van der Waals surface area contributed by atoms with Crippen LogP contribution in [-0.2, 0) is 14.3 Å². The van der Waals surface area contributed by atoms with Crippen molar-refractivity contribution in [3.8, 4) is 11.5 Å². The minimum atomic E-state index is -1.34. The molecule has 14 nitrogen and oxygen atoms in total. The zero-order valence-electron chi connectivity index (χ0n) is 29.8. The van der Waals surface area contributed by atoms with Crippen LogP contribution in [0.4, 0.5) is 5.69 Å². The number of ether oxygens (including phenoxy) is 3. The predicted octanol–water partition coefficient (Wildman–Crippen LogP) is 4.42. The zero-order valence-corrected chi connectivity index (χ0v) is 29.8. The Bertz CT molecular complexity index is 1840. The topological polar surface area (TPSA) is 190 Å². The number of non-ortho nitro benzene ring substituents is 1. The van der Waals surface area contributed by atoms with Gasteiger partial charge in [-0.15, -0.1) is 0 Å². The lowest BCUT2D eigenvalue weighted by Gasteiger charge is -2.37. The van der Waals surface area contributed by atoms with Crippen LogP contribution in [0.25, 0.3) is 0 Å². The molecule has 0 spiro atoms. The van der Waals surface area contributed by atoms with Crippen LogP contribution in [0.3, 0.4) is 0 Å². The molecule has 52 heavy (non-hydrogen) atoms. The summed E-state index contributed by atoms with van der Waals surface area (Å²) in [6.45, 7) is 6.73. The second-order valence-corrected chi connectivity index (χ2v) is 12.8. The molecule has 2 unspecified atom stereocenters. The minimum absolute atomic E-state index is 0.0327. The fourth-order valence-electron chi connectivity index (χ4n) is 5.97. The van der Waals surface area contributed by atoms with E-state index < -0.39 is 34.4 Å². The summed E-state index contributed by atoms with van der Waals surface area (Å²) in [4.78, 5) is 53.2. The molecule has 1 amide bonds. The van der Waals surface area contributed by atoms with Crippen LogP contribution in [0, 0.1) is 10.1 Å². The number of carboxylic acid groups (broad SMARTS) is 1. The first-order chi connectivity index (χ1) is 24.8. The fourth-order valence-corrected chi connectivity index (χ4v) is 5.97. The monoisotopic (exact) mass is 716 g/mol. The van der Waals surface area contributed by atoms with E-state index in [0.29, 0.717) is 17.1 Å². The van der Waals surface area contributed by atoms with Crippen LogP contribution in [-0.4, -0.2) is 89.5 Å². The number of aliphatic hydroxyl groups is 1. The summed E-state index contributed by atoms with van der Waals surface area (Å²) in [5.74, 6) is -2.81. The molecule has 0 fully saturated rings. The first-order valence-corrected chi connectivity index (χ1v) is 16.6. The largest absolute Gasteiger partial charge is 0.493 e. The first kappa shape index (κ1) is 39.1. The van der Waals surface area contributed by atoms with E-state index in [-0.39, 0.29) is 72.5 Å². The highest BCUT2D eigenvalue weighted by Gasteiger charge is 2.40. The number of aliphatic hydroxyl groups excluding tert-OH is 1. The number of hydrogen-bond acceptors (Lipinski definition) is 11. The maximum Gasteiger partial charge on any atom is 0.336 e. The van der Waals surface area contributed by atoms with Crippen LogP contribution in [0.2, 0.25) is 0 Å². The molecule has 0 aromatic heterocycles. The number of hydrogen-bond donors (Lipinski definition) is 4. The number of nitrogens with zero attached hydrogens (tertiary/aromatic N) is 2. The maximum atomic E-state index is 14.2. The van der Waals surface area contributed by atoms with Crippen LogP contribution < -0.4 is 20.1 Å². The molecular weight excluding hydrogens is 672 g/mol. The Balaban J connectivity index is 1.70. The molecule has 0 saturated carbocycles. The lowest BCUT2D eigenvalue weighted by atomic mass is 9.80. The molecule has 0 bridgehead atoms. The van der Waals surface area contributed by atoms with Crippen molar-refractivity contribution in [2.24, 2.45) is 0 Å². The maximum absolute atomic E-state index is 14.2. The van der Waals surface area contributed by atoms with Crippen LogP contribution >= 0.6 is 0 Å². The summed E-state index contributed by atoms with van der Waals surface area (Å²) in [5, 5.41) is 39.2. The molecule has 4 rings (SSSR count). The summed E-state index contributed by atoms with van der Waals surface area (Å²) < 4.78 is 16.5. The SMILES string of the molecule is CCOC(=O)C1=C(CN(CC(C)(C)NCC(O)COc2ccccc2OC)C(=O)c2ccccc2)NC(C)=C(C(=O)O)C1c1cccc([N+](=O)[O-])c1. The van der Waals surface area contributed by atoms with Gasteiger partial charge in [-0.05, 0) is 57.5 Å². The van der Waals surface area contributed by atoms with Crippen molar-refractivity contribution in [1.82, 2.24) is 15.5 Å². The van der Waals surface area contributed by atoms with Crippen LogP contribution in [0.5, 0.6) is 11.5 Å². The molecule has 3 aromatic rings. The number of nitro groups is 1. The van der Waals surface area contributed by atoms with Gasteiger partial charge in [-0.2, -0.15) is 0 Å². The van der Waals surface area contributed by atoms with E-state index in [0.717, 1.165) is 0 Å². The van der Waals surface area contributed by atoms with Gasteiger partial charge in [-0.1, -0.05) is 42.5 Å². The van der Waals surface area contributed by atoms with Gasteiger partial charge >= 0.3 is 11.9 Å². The van der Waals surface area contributed by atoms with Crippen molar-refractivity contribution in [2.45, 2.75) is 45.3 Å². The van der Waals surface area contributed by atoms with E-state index in [2.05, 4.69) is 10.6 Å². The van der Waals surface area contributed by atoms with Gasteiger partial charge in [0.05, 0.1) is 42.2 Å². The number of methoxy groups -OCH3 is 1. The first-order valence-electron chi connectivity index (χ1n) is 16.6. The summed E-state index contributed by atoms with van der Waals surface area (Å²) in [7, 11) is 1.52. The lowest BCUT2D eigenvalue weighted by molar-refractivity contribution is -0.384. The van der Waals surface area contributed by atoms with Gasteiger partial charge in [0.2, 0.25) is 0 Å². The van der Waals surface area contributed by atoms with E-state index in [1.165, 1.54) is 43.2 Å². The van der Waals surface area contributed by atoms with Gasteiger partial charge in [0.25, 0.3) is 11.6 Å². The molecule has 1 aliphatic heterocycles. The summed E-state index contributed by atoms with van der Waals surface area (Å²) in [6.07, 6.45) is -0.932. The van der Waals surface area contributed by atoms with Gasteiger partial charge in [0.1, 0.15) is 12.7 Å².